The van der Waals surface area contributed by atoms with Gasteiger partial charge in [0.2, 0.25) is 0 Å². The van der Waals surface area contributed by atoms with Crippen LogP contribution in [0.15, 0.2) is 18.2 Å². The summed E-state index contributed by atoms with van der Waals surface area (Å²) in [7, 11) is 3.36. The Kier molecular flexibility index (Phi) is 6.87. The number of hydrogen-bond acceptors (Lipinski definition) is 3. The number of methoxy groups -OCH3 is 2. The highest BCUT2D eigenvalue weighted by Crippen LogP contribution is 2.28. The van der Waals surface area contributed by atoms with E-state index in [0.29, 0.717) is 0 Å². The third kappa shape index (κ3) is 5.24. The topological polar surface area (TPSA) is 30.5 Å². The molecule has 0 aromatic heterocycles. The van der Waals surface area contributed by atoms with Gasteiger partial charge in [-0.05, 0) is 49.5 Å². The van der Waals surface area contributed by atoms with Crippen LogP contribution in [-0.2, 0) is 6.42 Å². The molecule has 0 bridgehead atoms. The number of benzene rings is 1. The lowest BCUT2D eigenvalue weighted by Gasteiger charge is -2.21. The second kappa shape index (κ2) is 8.93. The van der Waals surface area contributed by atoms with Crippen LogP contribution in [0.4, 0.5) is 0 Å². The molecular formula is C18H29NO2. The van der Waals surface area contributed by atoms with Gasteiger partial charge >= 0.3 is 0 Å². The van der Waals surface area contributed by atoms with Crippen LogP contribution in [0.3, 0.4) is 0 Å². The summed E-state index contributed by atoms with van der Waals surface area (Å²) in [6, 6.07) is 6.17. The highest BCUT2D eigenvalue weighted by molar-refractivity contribution is 5.42. The van der Waals surface area contributed by atoms with Gasteiger partial charge in [0.15, 0.2) is 11.5 Å². The maximum atomic E-state index is 5.34. The molecule has 0 radical (unpaired) electrons. The molecule has 118 valence electrons. The van der Waals surface area contributed by atoms with E-state index in [9.17, 15) is 0 Å². The maximum absolute atomic E-state index is 5.34. The fourth-order valence-corrected chi connectivity index (χ4v) is 3.18. The van der Waals surface area contributed by atoms with Crippen molar-refractivity contribution in [1.29, 1.82) is 0 Å². The second-order valence-corrected chi connectivity index (χ2v) is 5.98. The highest BCUT2D eigenvalue weighted by atomic mass is 16.5. The quantitative estimate of drug-likeness (QED) is 0.739. The summed E-state index contributed by atoms with van der Waals surface area (Å²) >= 11 is 0. The monoisotopic (exact) mass is 291 g/mol. The number of nitrogens with one attached hydrogen (secondary N) is 1. The van der Waals surface area contributed by atoms with Crippen molar-refractivity contribution < 1.29 is 9.47 Å². The third-order valence-electron chi connectivity index (χ3n) is 4.49. The van der Waals surface area contributed by atoms with Gasteiger partial charge in [0.05, 0.1) is 14.2 Å². The van der Waals surface area contributed by atoms with E-state index >= 15 is 0 Å². The van der Waals surface area contributed by atoms with Crippen molar-refractivity contribution in [3.63, 3.8) is 0 Å². The summed E-state index contributed by atoms with van der Waals surface area (Å²) in [6.45, 7) is 2.18. The Morgan fingerprint density at radius 2 is 1.76 bits per heavy atom. The van der Waals surface area contributed by atoms with Gasteiger partial charge in [-0.2, -0.15) is 0 Å². The molecule has 0 aliphatic heterocycles. The normalized spacial score (nSPS) is 15.9. The minimum Gasteiger partial charge on any atom is -0.493 e. The van der Waals surface area contributed by atoms with Gasteiger partial charge in [-0.15, -0.1) is 0 Å². The van der Waals surface area contributed by atoms with Gasteiger partial charge in [0.25, 0.3) is 0 Å². The van der Waals surface area contributed by atoms with E-state index in [2.05, 4.69) is 17.4 Å². The van der Waals surface area contributed by atoms with Crippen LogP contribution in [0.5, 0.6) is 11.5 Å². The standard InChI is InChI=1S/C18H29NO2/c1-20-17-9-8-16(14-18(17)21-2)11-13-19-12-10-15-6-4-3-5-7-15/h8-9,14-15,19H,3-7,10-13H2,1-2H3. The minimum atomic E-state index is 0.798. The zero-order valence-corrected chi connectivity index (χ0v) is 13.5. The Balaban J connectivity index is 1.66. The lowest BCUT2D eigenvalue weighted by atomic mass is 9.87. The first kappa shape index (κ1) is 16.2. The molecule has 1 aliphatic rings. The first-order valence-electron chi connectivity index (χ1n) is 8.25. The molecule has 0 amide bonds. The van der Waals surface area contributed by atoms with Gasteiger partial charge in [-0.25, -0.2) is 0 Å². The molecule has 3 nitrogen and oxygen atoms in total. The van der Waals surface area contributed by atoms with E-state index in [1.807, 2.05) is 6.07 Å². The lowest BCUT2D eigenvalue weighted by Crippen LogP contribution is -2.21. The van der Waals surface area contributed by atoms with Crippen LogP contribution < -0.4 is 14.8 Å². The Morgan fingerprint density at radius 3 is 2.48 bits per heavy atom. The summed E-state index contributed by atoms with van der Waals surface area (Å²) < 4.78 is 10.6. The number of rotatable bonds is 8. The van der Waals surface area contributed by atoms with E-state index in [-0.39, 0.29) is 0 Å². The van der Waals surface area contributed by atoms with E-state index in [1.165, 1.54) is 44.1 Å². The summed E-state index contributed by atoms with van der Waals surface area (Å²) in [4.78, 5) is 0. The summed E-state index contributed by atoms with van der Waals surface area (Å²) in [5, 5.41) is 3.58. The van der Waals surface area contributed by atoms with Gasteiger partial charge in [0, 0.05) is 0 Å². The predicted molar refractivity (Wildman–Crippen MR) is 87.3 cm³/mol. The van der Waals surface area contributed by atoms with E-state index in [0.717, 1.165) is 36.9 Å². The average molecular weight is 291 g/mol. The molecule has 0 saturated heterocycles. The fourth-order valence-electron chi connectivity index (χ4n) is 3.18. The van der Waals surface area contributed by atoms with Gasteiger partial charge in [-0.3, -0.25) is 0 Å². The zero-order valence-electron chi connectivity index (χ0n) is 13.5. The fraction of sp³-hybridized carbons (Fsp3) is 0.667. The van der Waals surface area contributed by atoms with Crippen LogP contribution in [0.1, 0.15) is 44.1 Å². The van der Waals surface area contributed by atoms with Crippen molar-refractivity contribution in [2.75, 3.05) is 27.3 Å². The SMILES string of the molecule is COc1ccc(CCNCCC2CCCCC2)cc1OC. The van der Waals surface area contributed by atoms with Crippen molar-refractivity contribution in [3.05, 3.63) is 23.8 Å². The average Bonchev–Trinajstić information content (AvgIpc) is 2.55. The molecule has 2 rings (SSSR count). The number of hydrogen-bond donors (Lipinski definition) is 1. The van der Waals surface area contributed by atoms with Crippen molar-refractivity contribution in [2.45, 2.75) is 44.9 Å². The van der Waals surface area contributed by atoms with Crippen molar-refractivity contribution in [2.24, 2.45) is 5.92 Å². The molecule has 0 spiro atoms. The lowest BCUT2D eigenvalue weighted by molar-refractivity contribution is 0.334. The van der Waals surface area contributed by atoms with E-state index < -0.39 is 0 Å². The Bertz CT molecular complexity index is 414. The first-order chi connectivity index (χ1) is 10.3. The van der Waals surface area contributed by atoms with E-state index in [4.69, 9.17) is 9.47 Å². The molecule has 1 aromatic rings. The summed E-state index contributed by atoms with van der Waals surface area (Å²) in [5.74, 6) is 2.58. The molecule has 0 atom stereocenters. The molecular weight excluding hydrogens is 262 g/mol. The Labute approximate surface area is 129 Å². The highest BCUT2D eigenvalue weighted by Gasteiger charge is 2.12. The first-order valence-corrected chi connectivity index (χ1v) is 8.25. The minimum absolute atomic E-state index is 0.798. The third-order valence-corrected chi connectivity index (χ3v) is 4.49. The molecule has 1 fully saturated rings. The Hall–Kier alpha value is -1.22. The van der Waals surface area contributed by atoms with Crippen molar-refractivity contribution in [1.82, 2.24) is 5.32 Å². The van der Waals surface area contributed by atoms with Crippen LogP contribution in [0.2, 0.25) is 0 Å². The molecule has 1 aromatic carbocycles. The van der Waals surface area contributed by atoms with Crippen LogP contribution in [-0.4, -0.2) is 27.3 Å². The largest absolute Gasteiger partial charge is 0.493 e. The number of ether oxygens (including phenoxy) is 2. The van der Waals surface area contributed by atoms with Crippen molar-refractivity contribution >= 4 is 0 Å². The molecule has 0 heterocycles. The van der Waals surface area contributed by atoms with Crippen LogP contribution in [0, 0.1) is 5.92 Å². The predicted octanol–water partition coefficient (Wildman–Crippen LogP) is 3.81. The molecule has 1 N–H and O–H groups in total. The van der Waals surface area contributed by atoms with Gasteiger partial charge < -0.3 is 14.8 Å². The second-order valence-electron chi connectivity index (χ2n) is 5.98. The maximum Gasteiger partial charge on any atom is 0.160 e. The molecule has 21 heavy (non-hydrogen) atoms. The van der Waals surface area contributed by atoms with Gasteiger partial charge in [0.1, 0.15) is 0 Å². The molecule has 0 unspecified atom stereocenters. The molecule has 1 aliphatic carbocycles. The smallest absolute Gasteiger partial charge is 0.160 e. The van der Waals surface area contributed by atoms with Gasteiger partial charge in [-0.1, -0.05) is 38.2 Å². The van der Waals surface area contributed by atoms with Crippen LogP contribution in [0.25, 0.3) is 0 Å². The molecule has 1 saturated carbocycles. The van der Waals surface area contributed by atoms with Crippen molar-refractivity contribution in [3.8, 4) is 11.5 Å². The summed E-state index contributed by atoms with van der Waals surface area (Å²) in [6.07, 6.45) is 9.58. The molecule has 3 heteroatoms. The zero-order chi connectivity index (χ0) is 14.9. The summed E-state index contributed by atoms with van der Waals surface area (Å²) in [5.41, 5.74) is 1.29. The Morgan fingerprint density at radius 1 is 1.00 bits per heavy atom. The van der Waals surface area contributed by atoms with E-state index in [1.54, 1.807) is 14.2 Å². The van der Waals surface area contributed by atoms with Crippen LogP contribution >= 0.6 is 0 Å².